The molecule has 27 heavy (non-hydrogen) atoms. The van der Waals surface area contributed by atoms with E-state index in [4.69, 9.17) is 4.74 Å². The Kier molecular flexibility index (Phi) is 5.77. The maximum atomic E-state index is 12.8. The van der Waals surface area contributed by atoms with Crippen LogP contribution >= 0.6 is 15.9 Å². The van der Waals surface area contributed by atoms with Gasteiger partial charge in [0.05, 0.1) is 18.2 Å². The van der Waals surface area contributed by atoms with Crippen LogP contribution in [0.5, 0.6) is 0 Å². The van der Waals surface area contributed by atoms with Crippen LogP contribution in [0.25, 0.3) is 5.76 Å². The van der Waals surface area contributed by atoms with Crippen LogP contribution in [0.2, 0.25) is 0 Å². The fraction of sp³-hybridized carbons (Fsp3) is 0.238. The van der Waals surface area contributed by atoms with E-state index < -0.39 is 17.7 Å². The number of carbonyl (C=O) groups excluding carboxylic acids is 2. The van der Waals surface area contributed by atoms with Gasteiger partial charge in [0.1, 0.15) is 5.76 Å². The lowest BCUT2D eigenvalue weighted by atomic mass is 9.95. The zero-order valence-electron chi connectivity index (χ0n) is 15.1. The van der Waals surface area contributed by atoms with Crippen molar-refractivity contribution in [1.82, 2.24) is 4.90 Å². The van der Waals surface area contributed by atoms with E-state index in [0.29, 0.717) is 12.2 Å². The molecule has 1 atom stereocenters. The first-order chi connectivity index (χ1) is 13.0. The van der Waals surface area contributed by atoms with Crippen LogP contribution in [0.15, 0.2) is 58.6 Å². The second-order valence-corrected chi connectivity index (χ2v) is 7.21. The summed E-state index contributed by atoms with van der Waals surface area (Å²) in [6, 6.07) is 13.9. The summed E-state index contributed by atoms with van der Waals surface area (Å²) >= 11 is 3.43. The van der Waals surface area contributed by atoms with E-state index in [-0.39, 0.29) is 17.9 Å². The second kappa shape index (κ2) is 8.06. The molecule has 1 amide bonds. The molecular formula is C21H20BrNO4. The highest BCUT2D eigenvalue weighted by Crippen LogP contribution is 2.39. The van der Waals surface area contributed by atoms with Crippen molar-refractivity contribution < 1.29 is 19.4 Å². The quantitative estimate of drug-likeness (QED) is 0.445. The molecule has 0 aliphatic carbocycles. The molecule has 1 saturated heterocycles. The third-order valence-corrected chi connectivity index (χ3v) is 5.51. The average molecular weight is 430 g/mol. The highest BCUT2D eigenvalue weighted by molar-refractivity contribution is 9.10. The molecule has 0 bridgehead atoms. The van der Waals surface area contributed by atoms with Gasteiger partial charge in [-0.05, 0) is 30.2 Å². The molecule has 1 heterocycles. The Morgan fingerprint density at radius 3 is 2.52 bits per heavy atom. The average Bonchev–Trinajstić information content (AvgIpc) is 2.93. The van der Waals surface area contributed by atoms with Crippen molar-refractivity contribution in [2.45, 2.75) is 13.0 Å². The maximum absolute atomic E-state index is 12.8. The summed E-state index contributed by atoms with van der Waals surface area (Å²) in [5.74, 6) is -1.48. The van der Waals surface area contributed by atoms with Crippen LogP contribution in [0.1, 0.15) is 22.7 Å². The number of ketones is 1. The molecule has 3 rings (SSSR count). The number of likely N-dealkylation sites (tertiary alicyclic amines) is 1. The van der Waals surface area contributed by atoms with Crippen molar-refractivity contribution in [2.24, 2.45) is 0 Å². The lowest BCUT2D eigenvalue weighted by molar-refractivity contribution is -0.140. The number of benzene rings is 2. The van der Waals surface area contributed by atoms with Gasteiger partial charge in [-0.3, -0.25) is 9.59 Å². The number of rotatable bonds is 5. The van der Waals surface area contributed by atoms with E-state index in [1.54, 1.807) is 19.2 Å². The van der Waals surface area contributed by atoms with Crippen molar-refractivity contribution in [3.05, 3.63) is 75.3 Å². The van der Waals surface area contributed by atoms with Crippen molar-refractivity contribution >= 4 is 33.4 Å². The number of amides is 1. The Morgan fingerprint density at radius 1 is 1.19 bits per heavy atom. The molecule has 0 aromatic heterocycles. The zero-order chi connectivity index (χ0) is 19.6. The molecule has 2 aromatic rings. The van der Waals surface area contributed by atoms with Gasteiger partial charge in [-0.25, -0.2) is 0 Å². The minimum absolute atomic E-state index is 0.101. The summed E-state index contributed by atoms with van der Waals surface area (Å²) < 4.78 is 5.99. The summed E-state index contributed by atoms with van der Waals surface area (Å²) in [7, 11) is 1.54. The largest absolute Gasteiger partial charge is 0.507 e. The Bertz CT molecular complexity index is 908. The van der Waals surface area contributed by atoms with Crippen molar-refractivity contribution in [2.75, 3.05) is 20.3 Å². The van der Waals surface area contributed by atoms with E-state index in [2.05, 4.69) is 15.9 Å². The third kappa shape index (κ3) is 3.68. The van der Waals surface area contributed by atoms with Crippen LogP contribution in [0.3, 0.4) is 0 Å². The molecule has 5 nitrogen and oxygen atoms in total. The molecule has 1 N–H and O–H groups in total. The SMILES string of the molecule is COCCN1C(=O)C(=O)/C(=C(\O)c2ccc(Br)c(C)c2)C1c1ccccc1. The summed E-state index contributed by atoms with van der Waals surface area (Å²) in [6.45, 7) is 2.46. The highest BCUT2D eigenvalue weighted by atomic mass is 79.9. The van der Waals surface area contributed by atoms with Gasteiger partial charge in [0, 0.05) is 23.7 Å². The van der Waals surface area contributed by atoms with E-state index in [1.165, 1.54) is 4.90 Å². The Balaban J connectivity index is 2.16. The number of aliphatic hydroxyl groups is 1. The van der Waals surface area contributed by atoms with E-state index >= 15 is 0 Å². The van der Waals surface area contributed by atoms with Gasteiger partial charge in [-0.15, -0.1) is 0 Å². The number of aryl methyl sites for hydroxylation is 1. The number of ether oxygens (including phenoxy) is 1. The van der Waals surface area contributed by atoms with Gasteiger partial charge in [-0.1, -0.05) is 52.3 Å². The topological polar surface area (TPSA) is 66.8 Å². The van der Waals surface area contributed by atoms with Crippen molar-refractivity contribution in [3.63, 3.8) is 0 Å². The smallest absolute Gasteiger partial charge is 0.295 e. The van der Waals surface area contributed by atoms with Gasteiger partial charge in [0.15, 0.2) is 0 Å². The van der Waals surface area contributed by atoms with Gasteiger partial charge < -0.3 is 14.7 Å². The van der Waals surface area contributed by atoms with Crippen LogP contribution in [-0.4, -0.2) is 42.0 Å². The van der Waals surface area contributed by atoms with Gasteiger partial charge in [0.25, 0.3) is 11.7 Å². The lowest BCUT2D eigenvalue weighted by Gasteiger charge is -2.25. The molecule has 1 aliphatic rings. The molecule has 0 saturated carbocycles. The van der Waals surface area contributed by atoms with Crippen LogP contribution < -0.4 is 0 Å². The van der Waals surface area contributed by atoms with Gasteiger partial charge in [0.2, 0.25) is 0 Å². The minimum Gasteiger partial charge on any atom is -0.507 e. The fourth-order valence-corrected chi connectivity index (χ4v) is 3.48. The van der Waals surface area contributed by atoms with Gasteiger partial charge >= 0.3 is 0 Å². The molecule has 0 spiro atoms. The minimum atomic E-state index is -0.682. The zero-order valence-corrected chi connectivity index (χ0v) is 16.7. The first-order valence-electron chi connectivity index (χ1n) is 8.54. The maximum Gasteiger partial charge on any atom is 0.295 e. The first kappa shape index (κ1) is 19.3. The number of methoxy groups -OCH3 is 1. The number of nitrogens with zero attached hydrogens (tertiary/aromatic N) is 1. The second-order valence-electron chi connectivity index (χ2n) is 6.36. The van der Waals surface area contributed by atoms with E-state index in [9.17, 15) is 14.7 Å². The lowest BCUT2D eigenvalue weighted by Crippen LogP contribution is -2.32. The molecule has 6 heteroatoms. The number of Topliss-reactive ketones (excluding diaryl/α,β-unsaturated/α-hetero) is 1. The van der Waals surface area contributed by atoms with Gasteiger partial charge in [-0.2, -0.15) is 0 Å². The molecule has 1 aliphatic heterocycles. The first-order valence-corrected chi connectivity index (χ1v) is 9.33. The van der Waals surface area contributed by atoms with E-state index in [1.807, 2.05) is 43.3 Å². The molecule has 2 aromatic carbocycles. The number of carbonyl (C=O) groups is 2. The molecule has 140 valence electrons. The highest BCUT2D eigenvalue weighted by Gasteiger charge is 2.45. The van der Waals surface area contributed by atoms with Crippen molar-refractivity contribution in [3.8, 4) is 0 Å². The summed E-state index contributed by atoms with van der Waals surface area (Å²) in [4.78, 5) is 26.9. The summed E-state index contributed by atoms with van der Waals surface area (Å²) in [6.07, 6.45) is 0. The Hall–Kier alpha value is -2.44. The predicted octanol–water partition coefficient (Wildman–Crippen LogP) is 3.83. The molecule has 0 radical (unpaired) electrons. The summed E-state index contributed by atoms with van der Waals surface area (Å²) in [5.41, 5.74) is 2.29. The van der Waals surface area contributed by atoms with Crippen LogP contribution in [0.4, 0.5) is 0 Å². The number of halogens is 1. The number of hydrogen-bond donors (Lipinski definition) is 1. The van der Waals surface area contributed by atoms with Crippen LogP contribution in [0, 0.1) is 6.92 Å². The molecule has 1 unspecified atom stereocenters. The predicted molar refractivity (Wildman–Crippen MR) is 106 cm³/mol. The molecule has 1 fully saturated rings. The number of aliphatic hydroxyl groups excluding tert-OH is 1. The summed E-state index contributed by atoms with van der Waals surface area (Å²) in [5, 5.41) is 10.9. The monoisotopic (exact) mass is 429 g/mol. The van der Waals surface area contributed by atoms with Crippen LogP contribution in [-0.2, 0) is 14.3 Å². The standard InChI is InChI=1S/C21H20BrNO4/c1-13-12-15(8-9-16(13)22)19(24)17-18(14-6-4-3-5-7-14)23(10-11-27-2)21(26)20(17)25/h3-9,12,18,24H,10-11H2,1-2H3/b19-17-. The molecular weight excluding hydrogens is 410 g/mol. The third-order valence-electron chi connectivity index (χ3n) is 4.62. The fourth-order valence-electron chi connectivity index (χ4n) is 3.23. The number of hydrogen-bond acceptors (Lipinski definition) is 4. The van der Waals surface area contributed by atoms with Crippen molar-refractivity contribution in [1.29, 1.82) is 0 Å². The van der Waals surface area contributed by atoms with E-state index in [0.717, 1.165) is 15.6 Å². The Labute approximate surface area is 166 Å². The Morgan fingerprint density at radius 2 is 1.89 bits per heavy atom. The normalized spacial score (nSPS) is 18.9.